The van der Waals surface area contributed by atoms with Crippen LogP contribution in [0.2, 0.25) is 0 Å². The van der Waals surface area contributed by atoms with Crippen molar-refractivity contribution >= 4 is 27.5 Å². The number of nitrogens with zero attached hydrogens (tertiary/aromatic N) is 3. The molecule has 7 heteroatoms. The van der Waals surface area contributed by atoms with Gasteiger partial charge in [-0.05, 0) is 31.0 Å². The largest absolute Gasteiger partial charge is 0.383 e. The Kier molecular flexibility index (Phi) is 4.40. The van der Waals surface area contributed by atoms with E-state index in [1.54, 1.807) is 7.11 Å². The number of rotatable bonds is 4. The molecule has 0 aliphatic carbocycles. The number of methoxy groups -OCH3 is 1. The Bertz CT molecular complexity index is 907. The number of fused-ring (bicyclic) bond motifs is 1. The Balaban J connectivity index is 2.18. The Morgan fingerprint density at radius 2 is 2.26 bits per heavy atom. The molecule has 2 heterocycles. The van der Waals surface area contributed by atoms with Gasteiger partial charge in [0, 0.05) is 19.7 Å². The van der Waals surface area contributed by atoms with Gasteiger partial charge in [0.1, 0.15) is 0 Å². The molecule has 6 nitrogen and oxygen atoms in total. The van der Waals surface area contributed by atoms with Crippen LogP contribution in [0, 0.1) is 13.8 Å². The Morgan fingerprint density at radius 1 is 1.43 bits per heavy atom. The predicted molar refractivity (Wildman–Crippen MR) is 87.6 cm³/mol. The number of aromatic nitrogens is 2. The summed E-state index contributed by atoms with van der Waals surface area (Å²) in [5.41, 5.74) is 3.41. The molecule has 2 aromatic heterocycles. The summed E-state index contributed by atoms with van der Waals surface area (Å²) in [6.45, 7) is 5.29. The minimum Gasteiger partial charge on any atom is -0.383 e. The Labute approximate surface area is 137 Å². The first kappa shape index (κ1) is 15.6. The minimum atomic E-state index is -0.436. The molecule has 120 valence electrons. The SMILES string of the molecule is COCCn1c(=NC(=O)c2ccno2)sc2c(C)cc(C)cc21. The average molecular weight is 331 g/mol. The van der Waals surface area contributed by atoms with Crippen molar-refractivity contribution in [3.05, 3.63) is 46.1 Å². The van der Waals surface area contributed by atoms with Crippen LogP contribution < -0.4 is 4.80 Å². The summed E-state index contributed by atoms with van der Waals surface area (Å²) in [6, 6.07) is 5.74. The molecule has 1 amide bonds. The van der Waals surface area contributed by atoms with Gasteiger partial charge in [-0.3, -0.25) is 4.79 Å². The lowest BCUT2D eigenvalue weighted by Gasteiger charge is -2.05. The van der Waals surface area contributed by atoms with Crippen LogP contribution in [-0.2, 0) is 11.3 Å². The maximum absolute atomic E-state index is 12.2. The average Bonchev–Trinajstić information content (AvgIpc) is 3.14. The quantitative estimate of drug-likeness (QED) is 0.737. The third-order valence-corrected chi connectivity index (χ3v) is 4.71. The molecule has 1 aromatic carbocycles. The maximum atomic E-state index is 12.2. The molecule has 23 heavy (non-hydrogen) atoms. The fraction of sp³-hybridized carbons (Fsp3) is 0.312. The van der Waals surface area contributed by atoms with Gasteiger partial charge in [0.2, 0.25) is 5.76 Å². The molecule has 3 rings (SSSR count). The second-order valence-corrected chi connectivity index (χ2v) is 6.23. The van der Waals surface area contributed by atoms with E-state index in [-0.39, 0.29) is 5.76 Å². The van der Waals surface area contributed by atoms with Crippen molar-refractivity contribution in [1.29, 1.82) is 0 Å². The van der Waals surface area contributed by atoms with Crippen LogP contribution in [0.5, 0.6) is 0 Å². The topological polar surface area (TPSA) is 69.6 Å². The summed E-state index contributed by atoms with van der Waals surface area (Å²) >= 11 is 1.49. The highest BCUT2D eigenvalue weighted by Gasteiger charge is 2.13. The van der Waals surface area contributed by atoms with Crippen LogP contribution in [0.25, 0.3) is 10.2 Å². The van der Waals surface area contributed by atoms with Crippen molar-refractivity contribution in [2.45, 2.75) is 20.4 Å². The Morgan fingerprint density at radius 3 is 2.96 bits per heavy atom. The van der Waals surface area contributed by atoms with Crippen LogP contribution >= 0.6 is 11.3 Å². The molecule has 0 saturated carbocycles. The van der Waals surface area contributed by atoms with Gasteiger partial charge in [-0.1, -0.05) is 22.6 Å². The Hall–Kier alpha value is -2.25. The van der Waals surface area contributed by atoms with Crippen LogP contribution in [0.3, 0.4) is 0 Å². The van der Waals surface area contributed by atoms with Crippen molar-refractivity contribution in [3.8, 4) is 0 Å². The third-order valence-electron chi connectivity index (χ3n) is 3.48. The zero-order valence-electron chi connectivity index (χ0n) is 13.2. The van der Waals surface area contributed by atoms with Gasteiger partial charge < -0.3 is 13.8 Å². The molecule has 3 aromatic rings. The normalized spacial score (nSPS) is 12.2. The van der Waals surface area contributed by atoms with E-state index in [1.807, 2.05) is 4.57 Å². The first-order chi connectivity index (χ1) is 11.1. The van der Waals surface area contributed by atoms with Crippen molar-refractivity contribution in [3.63, 3.8) is 0 Å². The number of hydrogen-bond donors (Lipinski definition) is 0. The zero-order chi connectivity index (χ0) is 16.4. The molecule has 0 N–H and O–H groups in total. The number of carbonyl (C=O) groups is 1. The lowest BCUT2D eigenvalue weighted by atomic mass is 10.1. The minimum absolute atomic E-state index is 0.133. The fourth-order valence-electron chi connectivity index (χ4n) is 2.46. The monoisotopic (exact) mass is 331 g/mol. The fourth-order valence-corrected chi connectivity index (χ4v) is 3.57. The third kappa shape index (κ3) is 3.11. The lowest BCUT2D eigenvalue weighted by molar-refractivity contribution is 0.0962. The van der Waals surface area contributed by atoms with Gasteiger partial charge in [0.05, 0.1) is 23.0 Å². The van der Waals surface area contributed by atoms with E-state index in [9.17, 15) is 4.79 Å². The number of aryl methyl sites for hydroxylation is 2. The first-order valence-corrected chi connectivity index (χ1v) is 8.01. The van der Waals surface area contributed by atoms with E-state index in [1.165, 1.54) is 34.7 Å². The highest BCUT2D eigenvalue weighted by molar-refractivity contribution is 7.16. The van der Waals surface area contributed by atoms with Gasteiger partial charge in [-0.25, -0.2) is 0 Å². The predicted octanol–water partition coefficient (Wildman–Crippen LogP) is 2.70. The van der Waals surface area contributed by atoms with E-state index in [0.717, 1.165) is 10.2 Å². The lowest BCUT2D eigenvalue weighted by Crippen LogP contribution is -2.19. The standard InChI is InChI=1S/C16H17N3O3S/c1-10-8-11(2)14-12(9-10)19(6-7-21-3)16(23-14)18-15(20)13-4-5-17-22-13/h4-5,8-9H,6-7H2,1-3H3. The van der Waals surface area contributed by atoms with Gasteiger partial charge in [-0.15, -0.1) is 0 Å². The summed E-state index contributed by atoms with van der Waals surface area (Å²) < 4.78 is 13.2. The molecule has 0 fully saturated rings. The van der Waals surface area contributed by atoms with Gasteiger partial charge in [-0.2, -0.15) is 4.99 Å². The zero-order valence-corrected chi connectivity index (χ0v) is 14.0. The summed E-state index contributed by atoms with van der Waals surface area (Å²) in [5, 5.41) is 3.55. The molecule has 0 radical (unpaired) electrons. The van der Waals surface area contributed by atoms with E-state index >= 15 is 0 Å². The number of benzene rings is 1. The van der Waals surface area contributed by atoms with Crippen molar-refractivity contribution in [1.82, 2.24) is 9.72 Å². The van der Waals surface area contributed by atoms with Gasteiger partial charge in [0.15, 0.2) is 4.80 Å². The second kappa shape index (κ2) is 6.47. The number of amides is 1. The summed E-state index contributed by atoms with van der Waals surface area (Å²) in [4.78, 5) is 17.0. The summed E-state index contributed by atoms with van der Waals surface area (Å²) in [6.07, 6.45) is 1.43. The van der Waals surface area contributed by atoms with Crippen molar-refractivity contribution in [2.24, 2.45) is 4.99 Å². The molecular weight excluding hydrogens is 314 g/mol. The second-order valence-electron chi connectivity index (χ2n) is 5.25. The molecule has 0 aliphatic heterocycles. The highest BCUT2D eigenvalue weighted by atomic mass is 32.1. The van der Waals surface area contributed by atoms with Gasteiger partial charge >= 0.3 is 5.91 Å². The molecular formula is C16H17N3O3S. The van der Waals surface area contributed by atoms with E-state index in [0.29, 0.717) is 18.0 Å². The number of hydrogen-bond acceptors (Lipinski definition) is 5. The molecule has 0 unspecified atom stereocenters. The molecule has 0 aliphatic rings. The van der Waals surface area contributed by atoms with Crippen LogP contribution in [0.1, 0.15) is 21.7 Å². The molecule has 0 spiro atoms. The van der Waals surface area contributed by atoms with Crippen LogP contribution in [-0.4, -0.2) is 29.3 Å². The van der Waals surface area contributed by atoms with Crippen molar-refractivity contribution < 1.29 is 14.1 Å². The van der Waals surface area contributed by atoms with Crippen LogP contribution in [0.15, 0.2) is 33.9 Å². The van der Waals surface area contributed by atoms with E-state index < -0.39 is 5.91 Å². The van der Waals surface area contributed by atoms with E-state index in [2.05, 4.69) is 36.1 Å². The van der Waals surface area contributed by atoms with Gasteiger partial charge in [0.25, 0.3) is 0 Å². The smallest absolute Gasteiger partial charge is 0.318 e. The highest BCUT2D eigenvalue weighted by Crippen LogP contribution is 2.23. The number of ether oxygens (including phenoxy) is 1. The number of carbonyl (C=O) groups excluding carboxylic acids is 1. The van der Waals surface area contributed by atoms with Crippen LogP contribution in [0.4, 0.5) is 0 Å². The molecule has 0 saturated heterocycles. The molecule has 0 atom stereocenters. The van der Waals surface area contributed by atoms with E-state index in [4.69, 9.17) is 9.26 Å². The summed E-state index contributed by atoms with van der Waals surface area (Å²) in [5.74, 6) is -0.303. The number of thiazole rings is 1. The molecule has 0 bridgehead atoms. The first-order valence-electron chi connectivity index (χ1n) is 7.19. The van der Waals surface area contributed by atoms with Crippen molar-refractivity contribution in [2.75, 3.05) is 13.7 Å². The summed E-state index contributed by atoms with van der Waals surface area (Å²) in [7, 11) is 1.65. The maximum Gasteiger partial charge on any atom is 0.318 e.